The van der Waals surface area contributed by atoms with Crippen LogP contribution in [0.2, 0.25) is 0 Å². The summed E-state index contributed by atoms with van der Waals surface area (Å²) >= 11 is 0. The van der Waals surface area contributed by atoms with Crippen molar-refractivity contribution in [2.45, 2.75) is 0 Å². The van der Waals surface area contributed by atoms with Gasteiger partial charge in [-0.05, 0) is 29.8 Å². The van der Waals surface area contributed by atoms with Gasteiger partial charge < -0.3 is 4.52 Å². The second-order valence-electron chi connectivity index (χ2n) is 4.85. The summed E-state index contributed by atoms with van der Waals surface area (Å²) in [5.41, 5.74) is 3.16. The van der Waals surface area contributed by atoms with Gasteiger partial charge in [-0.15, -0.1) is 0 Å². The summed E-state index contributed by atoms with van der Waals surface area (Å²) in [5, 5.41) is 4.80. The molecule has 5 heteroatoms. The fourth-order valence-electron chi connectivity index (χ4n) is 2.41. The largest absolute Gasteiger partial charge is 0.356 e. The van der Waals surface area contributed by atoms with Crippen molar-refractivity contribution in [2.24, 2.45) is 0 Å². The highest BCUT2D eigenvalue weighted by molar-refractivity contribution is 5.92. The molecule has 0 aliphatic heterocycles. The van der Waals surface area contributed by atoms with Crippen molar-refractivity contribution in [2.75, 3.05) is 0 Å². The quantitative estimate of drug-likeness (QED) is 0.558. The highest BCUT2D eigenvalue weighted by atomic mass is 19.1. The van der Waals surface area contributed by atoms with Gasteiger partial charge in [0.2, 0.25) is 0 Å². The van der Waals surface area contributed by atoms with Crippen molar-refractivity contribution in [1.29, 1.82) is 0 Å². The molecular formula is C17H10FN3O. The molecule has 4 rings (SSSR count). The molecule has 0 aliphatic rings. The van der Waals surface area contributed by atoms with Crippen LogP contribution in [0.3, 0.4) is 0 Å². The van der Waals surface area contributed by atoms with Crippen molar-refractivity contribution in [3.05, 3.63) is 67.0 Å². The fraction of sp³-hybridized carbons (Fsp3) is 0. The number of hydrogen-bond acceptors (Lipinski definition) is 4. The maximum Gasteiger partial charge on any atom is 0.167 e. The van der Waals surface area contributed by atoms with Crippen LogP contribution < -0.4 is 0 Å². The summed E-state index contributed by atoms with van der Waals surface area (Å²) in [4.78, 5) is 7.97. The molecule has 0 saturated heterocycles. The Labute approximate surface area is 125 Å². The van der Waals surface area contributed by atoms with Gasteiger partial charge in [-0.2, -0.15) is 0 Å². The van der Waals surface area contributed by atoms with Gasteiger partial charge in [-0.3, -0.25) is 0 Å². The third-order valence-corrected chi connectivity index (χ3v) is 3.49. The first-order valence-corrected chi connectivity index (χ1v) is 6.72. The van der Waals surface area contributed by atoms with Crippen molar-refractivity contribution >= 4 is 11.0 Å². The Morgan fingerprint density at radius 3 is 2.59 bits per heavy atom. The summed E-state index contributed by atoms with van der Waals surface area (Å²) in [6, 6.07) is 12.2. The predicted molar refractivity (Wildman–Crippen MR) is 80.4 cm³/mol. The molecule has 2 heterocycles. The van der Waals surface area contributed by atoms with Crippen molar-refractivity contribution in [3.8, 4) is 22.4 Å². The lowest BCUT2D eigenvalue weighted by molar-refractivity contribution is 0.458. The van der Waals surface area contributed by atoms with Gasteiger partial charge >= 0.3 is 0 Å². The normalized spacial score (nSPS) is 11.0. The minimum atomic E-state index is -0.348. The second kappa shape index (κ2) is 5.04. The van der Waals surface area contributed by atoms with Crippen LogP contribution in [0.25, 0.3) is 33.4 Å². The molecule has 106 valence electrons. The lowest BCUT2D eigenvalue weighted by Crippen LogP contribution is -1.88. The Balaban J connectivity index is 1.92. The minimum Gasteiger partial charge on any atom is -0.356 e. The van der Waals surface area contributed by atoms with Crippen LogP contribution >= 0.6 is 0 Å². The summed E-state index contributed by atoms with van der Waals surface area (Å²) in [6.45, 7) is 0. The van der Waals surface area contributed by atoms with Gasteiger partial charge in [0.15, 0.2) is 5.58 Å². The number of aromatic nitrogens is 3. The first-order valence-electron chi connectivity index (χ1n) is 6.72. The third-order valence-electron chi connectivity index (χ3n) is 3.49. The van der Waals surface area contributed by atoms with E-state index in [1.807, 2.05) is 18.2 Å². The Hall–Kier alpha value is -3.08. The van der Waals surface area contributed by atoms with Crippen LogP contribution in [0.15, 0.2) is 65.7 Å². The van der Waals surface area contributed by atoms with E-state index in [1.54, 1.807) is 30.6 Å². The molecule has 0 spiro atoms. The average molecular weight is 291 g/mol. The predicted octanol–water partition coefficient (Wildman–Crippen LogP) is 4.09. The van der Waals surface area contributed by atoms with Crippen LogP contribution in [0.4, 0.5) is 4.39 Å². The second-order valence-corrected chi connectivity index (χ2v) is 4.85. The molecule has 0 atom stereocenters. The molecule has 4 aromatic rings. The van der Waals surface area contributed by atoms with Gasteiger partial charge in [0.05, 0.1) is 0 Å². The van der Waals surface area contributed by atoms with Crippen LogP contribution in [0.1, 0.15) is 0 Å². The van der Waals surface area contributed by atoms with Crippen molar-refractivity contribution in [3.63, 3.8) is 0 Å². The summed E-state index contributed by atoms with van der Waals surface area (Å²) < 4.78 is 19.5. The molecule has 0 saturated carbocycles. The molecule has 0 unspecified atom stereocenters. The van der Waals surface area contributed by atoms with E-state index in [4.69, 9.17) is 4.52 Å². The topological polar surface area (TPSA) is 51.8 Å². The van der Waals surface area contributed by atoms with Crippen LogP contribution in [0, 0.1) is 5.82 Å². The van der Waals surface area contributed by atoms with E-state index in [9.17, 15) is 4.39 Å². The molecule has 22 heavy (non-hydrogen) atoms. The van der Waals surface area contributed by atoms with Gasteiger partial charge in [-0.1, -0.05) is 23.4 Å². The third kappa shape index (κ3) is 2.03. The molecule has 0 aliphatic carbocycles. The Morgan fingerprint density at radius 2 is 1.73 bits per heavy atom. The molecule has 0 bridgehead atoms. The number of fused-ring (bicyclic) bond motifs is 1. The van der Waals surface area contributed by atoms with Crippen molar-refractivity contribution < 1.29 is 8.91 Å². The zero-order valence-electron chi connectivity index (χ0n) is 11.4. The number of nitrogens with zero attached hydrogens (tertiary/aromatic N) is 3. The molecular weight excluding hydrogens is 281 g/mol. The number of para-hydroxylation sites is 1. The van der Waals surface area contributed by atoms with E-state index in [1.165, 1.54) is 12.4 Å². The van der Waals surface area contributed by atoms with Crippen LogP contribution in [-0.2, 0) is 0 Å². The first-order chi connectivity index (χ1) is 10.8. The Morgan fingerprint density at radius 1 is 0.909 bits per heavy atom. The van der Waals surface area contributed by atoms with E-state index in [0.717, 1.165) is 16.5 Å². The zero-order chi connectivity index (χ0) is 14.9. The van der Waals surface area contributed by atoms with Gasteiger partial charge in [-0.25, -0.2) is 14.4 Å². The van der Waals surface area contributed by atoms with Crippen LogP contribution in [-0.4, -0.2) is 15.1 Å². The zero-order valence-corrected chi connectivity index (χ0v) is 11.4. The van der Waals surface area contributed by atoms with E-state index in [2.05, 4.69) is 15.1 Å². The standard InChI is InChI=1S/C17H10FN3O/c18-15-6-5-11(12-8-19-10-20-9-12)7-14(15)17-13-3-1-2-4-16(13)22-21-17/h1-10H. The molecule has 0 N–H and O–H groups in total. The smallest absolute Gasteiger partial charge is 0.167 e. The highest BCUT2D eigenvalue weighted by Crippen LogP contribution is 2.32. The van der Waals surface area contributed by atoms with E-state index in [0.29, 0.717) is 16.8 Å². The Bertz CT molecular complexity index is 950. The SMILES string of the molecule is Fc1ccc(-c2cncnc2)cc1-c1noc2ccccc12. The maximum atomic E-state index is 14.3. The molecule has 0 fully saturated rings. The summed E-state index contributed by atoms with van der Waals surface area (Å²) in [6.07, 6.45) is 4.83. The number of rotatable bonds is 2. The lowest BCUT2D eigenvalue weighted by Gasteiger charge is -2.04. The number of benzene rings is 2. The molecule has 2 aromatic carbocycles. The van der Waals surface area contributed by atoms with E-state index in [-0.39, 0.29) is 5.82 Å². The first kappa shape index (κ1) is 12.6. The van der Waals surface area contributed by atoms with Gasteiger partial charge in [0.25, 0.3) is 0 Å². The average Bonchev–Trinajstić information content (AvgIpc) is 3.00. The Kier molecular flexibility index (Phi) is 2.89. The van der Waals surface area contributed by atoms with Gasteiger partial charge in [0, 0.05) is 28.9 Å². The maximum absolute atomic E-state index is 14.3. The fourth-order valence-corrected chi connectivity index (χ4v) is 2.41. The number of halogens is 1. The van der Waals surface area contributed by atoms with Crippen molar-refractivity contribution in [1.82, 2.24) is 15.1 Å². The molecule has 4 nitrogen and oxygen atoms in total. The molecule has 2 aromatic heterocycles. The molecule has 0 amide bonds. The highest BCUT2D eigenvalue weighted by Gasteiger charge is 2.15. The lowest BCUT2D eigenvalue weighted by atomic mass is 10.0. The monoisotopic (exact) mass is 291 g/mol. The number of hydrogen-bond donors (Lipinski definition) is 0. The summed E-state index contributed by atoms with van der Waals surface area (Å²) in [7, 11) is 0. The molecule has 0 radical (unpaired) electrons. The minimum absolute atomic E-state index is 0.348. The summed E-state index contributed by atoms with van der Waals surface area (Å²) in [5.74, 6) is -0.348. The van der Waals surface area contributed by atoms with Crippen LogP contribution in [0.5, 0.6) is 0 Å². The van der Waals surface area contributed by atoms with Gasteiger partial charge in [0.1, 0.15) is 17.8 Å². The van der Waals surface area contributed by atoms with E-state index < -0.39 is 0 Å². The van der Waals surface area contributed by atoms with E-state index >= 15 is 0 Å².